The first kappa shape index (κ1) is 25.6. The predicted molar refractivity (Wildman–Crippen MR) is 133 cm³/mol. The molecule has 0 amide bonds. The molecular weight excluding hydrogens is 476 g/mol. The monoisotopic (exact) mass is 502 g/mol. The van der Waals surface area contributed by atoms with Gasteiger partial charge in [-0.15, -0.1) is 5.92 Å². The van der Waals surface area contributed by atoms with Crippen LogP contribution in [0.4, 0.5) is 0 Å². The third kappa shape index (κ3) is 6.32. The van der Waals surface area contributed by atoms with Gasteiger partial charge in [0.2, 0.25) is 10.0 Å². The normalized spacial score (nSPS) is 12.4. The Bertz CT molecular complexity index is 1340. The number of ether oxygens (including phenoxy) is 1. The summed E-state index contributed by atoms with van der Waals surface area (Å²) in [6.45, 7) is 6.79. The fraction of sp³-hybridized carbons (Fsp3) is 0.320. The summed E-state index contributed by atoms with van der Waals surface area (Å²) in [4.78, 5) is 12.0. The number of aromatic nitrogens is 1. The van der Waals surface area contributed by atoms with Crippen molar-refractivity contribution in [3.63, 3.8) is 0 Å². The molecule has 3 rings (SSSR count). The fourth-order valence-electron chi connectivity index (χ4n) is 3.61. The molecule has 0 radical (unpaired) electrons. The Morgan fingerprint density at radius 3 is 2.53 bits per heavy atom. The van der Waals surface area contributed by atoms with E-state index in [1.165, 1.54) is 24.3 Å². The average molecular weight is 503 g/mol. The highest BCUT2D eigenvalue weighted by molar-refractivity contribution is 7.89. The molecule has 0 bridgehead atoms. The number of hydrogen-bond donors (Lipinski definition) is 2. The summed E-state index contributed by atoms with van der Waals surface area (Å²) in [5, 5.41) is 11.1. The van der Waals surface area contributed by atoms with Crippen LogP contribution in [0.5, 0.6) is 5.75 Å². The zero-order valence-electron chi connectivity index (χ0n) is 19.2. The van der Waals surface area contributed by atoms with Crippen LogP contribution in [0.15, 0.2) is 53.6 Å². The molecule has 0 aliphatic heterocycles. The van der Waals surface area contributed by atoms with Crippen molar-refractivity contribution in [3.05, 3.63) is 59.2 Å². The van der Waals surface area contributed by atoms with Gasteiger partial charge in [0.25, 0.3) is 0 Å². The molecule has 1 atom stereocenters. The van der Waals surface area contributed by atoms with Gasteiger partial charge in [0.15, 0.2) is 0 Å². The first-order valence-corrected chi connectivity index (χ1v) is 12.6. The first-order chi connectivity index (χ1) is 16.1. The predicted octanol–water partition coefficient (Wildman–Crippen LogP) is 4.33. The zero-order valence-corrected chi connectivity index (χ0v) is 20.8. The second-order valence-electron chi connectivity index (χ2n) is 8.27. The van der Waals surface area contributed by atoms with E-state index in [9.17, 15) is 18.3 Å². The van der Waals surface area contributed by atoms with Gasteiger partial charge in [0.1, 0.15) is 18.4 Å². The maximum atomic E-state index is 12.9. The van der Waals surface area contributed by atoms with E-state index in [2.05, 4.69) is 30.4 Å². The summed E-state index contributed by atoms with van der Waals surface area (Å²) in [5.41, 5.74) is 1.62. The van der Waals surface area contributed by atoms with Crippen molar-refractivity contribution in [3.8, 4) is 17.6 Å². The number of halogens is 1. The number of carboxylic acid groups (broad SMARTS) is 1. The molecule has 3 aromatic rings. The molecule has 0 saturated heterocycles. The van der Waals surface area contributed by atoms with E-state index in [0.29, 0.717) is 22.3 Å². The van der Waals surface area contributed by atoms with Gasteiger partial charge in [-0.25, -0.2) is 8.42 Å². The van der Waals surface area contributed by atoms with E-state index in [1.807, 2.05) is 16.8 Å². The number of carbonyl (C=O) groups is 1. The van der Waals surface area contributed by atoms with Gasteiger partial charge in [-0.3, -0.25) is 4.79 Å². The molecule has 0 aliphatic carbocycles. The molecule has 1 heterocycles. The second kappa shape index (κ2) is 11.0. The van der Waals surface area contributed by atoms with E-state index in [4.69, 9.17) is 16.3 Å². The lowest BCUT2D eigenvalue weighted by Gasteiger charge is -2.15. The number of hydrogen-bond acceptors (Lipinski definition) is 4. The molecule has 0 fully saturated rings. The largest absolute Gasteiger partial charge is 0.481 e. The minimum atomic E-state index is -4.09. The molecule has 0 unspecified atom stereocenters. The van der Waals surface area contributed by atoms with Gasteiger partial charge in [-0.05, 0) is 60.9 Å². The van der Waals surface area contributed by atoms with Crippen LogP contribution in [0.25, 0.3) is 10.9 Å². The molecule has 2 aromatic carbocycles. The standard InChI is InChI=1S/C25H27ClN2O5S/c1-4-5-12-33-20-7-9-21(10-8-20)34(31,32)27-23(25(29)30)13-18-16-28(15-17(2)3)24-11-6-19(26)14-22(18)24/h6-11,14,16-17,23,27H,12-13,15H2,1-3H3,(H,29,30)/t23-/m0/s1. The summed E-state index contributed by atoms with van der Waals surface area (Å²) >= 11 is 6.19. The molecular formula is C25H27ClN2O5S. The van der Waals surface area contributed by atoms with Gasteiger partial charge in [0, 0.05) is 35.1 Å². The van der Waals surface area contributed by atoms with E-state index >= 15 is 0 Å². The summed E-state index contributed by atoms with van der Waals surface area (Å²) in [5.74, 6) is 5.02. The van der Waals surface area contributed by atoms with Crippen molar-refractivity contribution < 1.29 is 23.1 Å². The molecule has 2 N–H and O–H groups in total. The maximum Gasteiger partial charge on any atom is 0.322 e. The number of fused-ring (bicyclic) bond motifs is 1. The highest BCUT2D eigenvalue weighted by Crippen LogP contribution is 2.27. The van der Waals surface area contributed by atoms with Crippen molar-refractivity contribution in [2.24, 2.45) is 5.92 Å². The Labute approximate surface area is 204 Å². The zero-order chi connectivity index (χ0) is 24.9. The summed E-state index contributed by atoms with van der Waals surface area (Å²) in [7, 11) is -4.09. The van der Waals surface area contributed by atoms with Gasteiger partial charge >= 0.3 is 5.97 Å². The molecule has 180 valence electrons. The molecule has 9 heteroatoms. The van der Waals surface area contributed by atoms with Crippen LogP contribution in [-0.4, -0.2) is 36.7 Å². The number of benzene rings is 2. The van der Waals surface area contributed by atoms with Crippen LogP contribution in [0, 0.1) is 17.8 Å². The number of aliphatic carboxylic acids is 1. The number of nitrogens with one attached hydrogen (secondary N) is 1. The van der Waals surface area contributed by atoms with E-state index in [0.717, 1.165) is 17.4 Å². The number of carboxylic acids is 1. The van der Waals surface area contributed by atoms with Crippen molar-refractivity contribution in [1.82, 2.24) is 9.29 Å². The van der Waals surface area contributed by atoms with E-state index in [1.54, 1.807) is 19.1 Å². The maximum absolute atomic E-state index is 12.9. The van der Waals surface area contributed by atoms with Crippen LogP contribution in [0.2, 0.25) is 5.02 Å². The molecule has 0 aliphatic rings. The molecule has 34 heavy (non-hydrogen) atoms. The highest BCUT2D eigenvalue weighted by Gasteiger charge is 2.27. The minimum Gasteiger partial charge on any atom is -0.481 e. The van der Waals surface area contributed by atoms with Crippen molar-refractivity contribution in [1.29, 1.82) is 0 Å². The van der Waals surface area contributed by atoms with Crippen LogP contribution in [-0.2, 0) is 27.8 Å². The second-order valence-corrected chi connectivity index (χ2v) is 10.4. The lowest BCUT2D eigenvalue weighted by molar-refractivity contribution is -0.138. The lowest BCUT2D eigenvalue weighted by Crippen LogP contribution is -2.42. The quantitative estimate of drug-likeness (QED) is 0.402. The van der Waals surface area contributed by atoms with Crippen LogP contribution in [0.3, 0.4) is 0 Å². The van der Waals surface area contributed by atoms with Crippen molar-refractivity contribution in [2.45, 2.75) is 44.7 Å². The number of sulfonamides is 1. The Balaban J connectivity index is 1.85. The summed E-state index contributed by atoms with van der Waals surface area (Å²) < 4.78 is 35.6. The van der Waals surface area contributed by atoms with Crippen LogP contribution in [0.1, 0.15) is 26.3 Å². The highest BCUT2D eigenvalue weighted by atomic mass is 35.5. The Morgan fingerprint density at radius 2 is 1.91 bits per heavy atom. The number of nitrogens with zero attached hydrogens (tertiary/aromatic N) is 1. The molecule has 7 nitrogen and oxygen atoms in total. The molecule has 0 spiro atoms. The first-order valence-electron chi connectivity index (χ1n) is 10.8. The van der Waals surface area contributed by atoms with E-state index < -0.39 is 22.0 Å². The SMILES string of the molecule is CC#CCOc1ccc(S(=O)(=O)N[C@@H](Cc2cn(CC(C)C)c3ccc(Cl)cc23)C(=O)O)cc1. The summed E-state index contributed by atoms with van der Waals surface area (Å²) in [6.07, 6.45) is 1.84. The third-order valence-corrected chi connectivity index (χ3v) is 6.85. The number of rotatable bonds is 10. The topological polar surface area (TPSA) is 97.6 Å². The van der Waals surface area contributed by atoms with E-state index in [-0.39, 0.29) is 17.9 Å². The smallest absolute Gasteiger partial charge is 0.322 e. The van der Waals surface area contributed by atoms with Crippen molar-refractivity contribution >= 4 is 38.5 Å². The Morgan fingerprint density at radius 1 is 1.21 bits per heavy atom. The Kier molecular flexibility index (Phi) is 8.26. The third-order valence-electron chi connectivity index (χ3n) is 5.13. The van der Waals surface area contributed by atoms with Crippen molar-refractivity contribution in [2.75, 3.05) is 6.61 Å². The van der Waals surface area contributed by atoms with Crippen LogP contribution >= 0.6 is 11.6 Å². The minimum absolute atomic E-state index is 0.0343. The fourth-order valence-corrected chi connectivity index (χ4v) is 4.97. The lowest BCUT2D eigenvalue weighted by atomic mass is 10.1. The molecule has 0 saturated carbocycles. The Hall–Kier alpha value is -2.99. The van der Waals surface area contributed by atoms with Gasteiger partial charge in [-0.2, -0.15) is 4.72 Å². The molecule has 1 aromatic heterocycles. The van der Waals surface area contributed by atoms with Gasteiger partial charge in [0.05, 0.1) is 4.90 Å². The van der Waals surface area contributed by atoms with Gasteiger partial charge in [-0.1, -0.05) is 31.4 Å². The average Bonchev–Trinajstić information content (AvgIpc) is 3.09. The van der Waals surface area contributed by atoms with Crippen LogP contribution < -0.4 is 9.46 Å². The van der Waals surface area contributed by atoms with Gasteiger partial charge < -0.3 is 14.4 Å². The summed E-state index contributed by atoms with van der Waals surface area (Å²) in [6, 6.07) is 9.82.